The lowest BCUT2D eigenvalue weighted by Gasteiger charge is -2.13. The van der Waals surface area contributed by atoms with E-state index in [1.165, 1.54) is 0 Å². The van der Waals surface area contributed by atoms with Crippen molar-refractivity contribution in [1.29, 1.82) is 0 Å². The van der Waals surface area contributed by atoms with Crippen molar-refractivity contribution in [2.75, 3.05) is 0 Å². The fourth-order valence-electron chi connectivity index (χ4n) is 1.76. The molecule has 0 aliphatic rings. The standard InChI is InChI=1S/C15H19ClN2OS/c1-10(2)17-7-12-6-13(16)4-5-15(12)19-9-14-8-18-11(3)20-14/h4-6,8,10,17H,7,9H2,1-3H3. The molecule has 0 saturated heterocycles. The van der Waals surface area contributed by atoms with Gasteiger partial charge in [0.05, 0.1) is 9.88 Å². The summed E-state index contributed by atoms with van der Waals surface area (Å²) in [6.07, 6.45) is 1.86. The number of benzene rings is 1. The number of nitrogens with zero attached hydrogens (tertiary/aromatic N) is 1. The summed E-state index contributed by atoms with van der Waals surface area (Å²) in [4.78, 5) is 5.36. The summed E-state index contributed by atoms with van der Waals surface area (Å²) >= 11 is 7.72. The molecule has 1 N–H and O–H groups in total. The lowest BCUT2D eigenvalue weighted by Crippen LogP contribution is -2.22. The lowest BCUT2D eigenvalue weighted by molar-refractivity contribution is 0.305. The molecule has 0 fully saturated rings. The van der Waals surface area contributed by atoms with E-state index in [9.17, 15) is 0 Å². The number of halogens is 1. The van der Waals surface area contributed by atoms with Crippen LogP contribution in [-0.4, -0.2) is 11.0 Å². The summed E-state index contributed by atoms with van der Waals surface area (Å²) in [6, 6.07) is 6.15. The Bertz CT molecular complexity index is 569. The minimum atomic E-state index is 0.422. The van der Waals surface area contributed by atoms with Crippen molar-refractivity contribution in [2.45, 2.75) is 40.0 Å². The first kappa shape index (κ1) is 15.3. The van der Waals surface area contributed by atoms with Crippen molar-refractivity contribution >= 4 is 22.9 Å². The molecule has 0 spiro atoms. The van der Waals surface area contributed by atoms with Crippen molar-refractivity contribution in [1.82, 2.24) is 10.3 Å². The van der Waals surface area contributed by atoms with Crippen LogP contribution in [-0.2, 0) is 13.2 Å². The molecule has 2 aromatic rings. The summed E-state index contributed by atoms with van der Waals surface area (Å²) in [7, 11) is 0. The smallest absolute Gasteiger partial charge is 0.124 e. The Kier molecular flexibility index (Phi) is 5.40. The Morgan fingerprint density at radius 2 is 2.20 bits per heavy atom. The number of thiazole rings is 1. The number of nitrogens with one attached hydrogen (secondary N) is 1. The van der Waals surface area contributed by atoms with E-state index in [-0.39, 0.29) is 0 Å². The SMILES string of the molecule is Cc1ncc(COc2ccc(Cl)cc2CNC(C)C)s1. The average Bonchev–Trinajstić information content (AvgIpc) is 2.81. The number of aromatic nitrogens is 1. The van der Waals surface area contributed by atoms with Crippen LogP contribution in [0.15, 0.2) is 24.4 Å². The highest BCUT2D eigenvalue weighted by atomic mass is 35.5. The summed E-state index contributed by atoms with van der Waals surface area (Å²) < 4.78 is 5.90. The van der Waals surface area contributed by atoms with Gasteiger partial charge in [0.1, 0.15) is 12.4 Å². The quantitative estimate of drug-likeness (QED) is 0.869. The van der Waals surface area contributed by atoms with Crippen LogP contribution in [0.4, 0.5) is 0 Å². The third-order valence-corrected chi connectivity index (χ3v) is 3.88. The minimum Gasteiger partial charge on any atom is -0.488 e. The van der Waals surface area contributed by atoms with Gasteiger partial charge in [-0.15, -0.1) is 11.3 Å². The van der Waals surface area contributed by atoms with E-state index in [2.05, 4.69) is 24.1 Å². The molecule has 0 bridgehead atoms. The molecule has 0 aliphatic carbocycles. The number of hydrogen-bond donors (Lipinski definition) is 1. The van der Waals surface area contributed by atoms with Crippen molar-refractivity contribution in [3.63, 3.8) is 0 Å². The first-order valence-electron chi connectivity index (χ1n) is 6.60. The predicted octanol–water partition coefficient (Wildman–Crippen LogP) is 4.18. The third-order valence-electron chi connectivity index (χ3n) is 2.76. The maximum absolute atomic E-state index is 6.06. The predicted molar refractivity (Wildman–Crippen MR) is 84.6 cm³/mol. The summed E-state index contributed by atoms with van der Waals surface area (Å²) in [5.41, 5.74) is 1.08. The zero-order valence-electron chi connectivity index (χ0n) is 11.9. The van der Waals surface area contributed by atoms with Gasteiger partial charge in [-0.25, -0.2) is 4.98 Å². The molecule has 1 heterocycles. The highest BCUT2D eigenvalue weighted by Crippen LogP contribution is 2.24. The van der Waals surface area contributed by atoms with Crippen molar-refractivity contribution in [3.8, 4) is 5.75 Å². The van der Waals surface area contributed by atoms with E-state index < -0.39 is 0 Å². The largest absolute Gasteiger partial charge is 0.488 e. The van der Waals surface area contributed by atoms with Crippen LogP contribution in [0.25, 0.3) is 0 Å². The second-order valence-corrected chi connectivity index (χ2v) is 6.68. The van der Waals surface area contributed by atoms with Gasteiger partial charge in [-0.1, -0.05) is 25.4 Å². The molecule has 0 atom stereocenters. The Hall–Kier alpha value is -1.10. The molecular weight excluding hydrogens is 292 g/mol. The molecule has 0 radical (unpaired) electrons. The second kappa shape index (κ2) is 7.07. The van der Waals surface area contributed by atoms with E-state index >= 15 is 0 Å². The van der Waals surface area contributed by atoms with Gasteiger partial charge in [-0.3, -0.25) is 0 Å². The first-order valence-corrected chi connectivity index (χ1v) is 7.80. The normalized spacial score (nSPS) is 11.1. The van der Waals surface area contributed by atoms with Crippen LogP contribution in [0, 0.1) is 6.92 Å². The molecule has 5 heteroatoms. The molecule has 20 heavy (non-hydrogen) atoms. The maximum Gasteiger partial charge on any atom is 0.124 e. The molecule has 0 unspecified atom stereocenters. The summed E-state index contributed by atoms with van der Waals surface area (Å²) in [6.45, 7) is 7.52. The fraction of sp³-hybridized carbons (Fsp3) is 0.400. The molecule has 0 amide bonds. The van der Waals surface area contributed by atoms with Gasteiger partial charge in [0.2, 0.25) is 0 Å². The Morgan fingerprint density at radius 1 is 1.40 bits per heavy atom. The van der Waals surface area contributed by atoms with Gasteiger partial charge in [0, 0.05) is 29.4 Å². The van der Waals surface area contributed by atoms with E-state index in [0.717, 1.165) is 32.8 Å². The molecule has 108 valence electrons. The van der Waals surface area contributed by atoms with Crippen molar-refractivity contribution < 1.29 is 4.74 Å². The number of ether oxygens (including phenoxy) is 1. The van der Waals surface area contributed by atoms with Crippen LogP contribution in [0.3, 0.4) is 0 Å². The molecule has 3 nitrogen and oxygen atoms in total. The highest BCUT2D eigenvalue weighted by molar-refractivity contribution is 7.11. The molecule has 0 saturated carbocycles. The molecule has 2 rings (SSSR count). The van der Waals surface area contributed by atoms with Crippen LogP contribution in [0.1, 0.15) is 29.3 Å². The topological polar surface area (TPSA) is 34.1 Å². The van der Waals surface area contributed by atoms with Crippen LogP contribution in [0.5, 0.6) is 5.75 Å². The highest BCUT2D eigenvalue weighted by Gasteiger charge is 2.07. The van der Waals surface area contributed by atoms with Gasteiger partial charge in [0.15, 0.2) is 0 Å². The Balaban J connectivity index is 2.05. The van der Waals surface area contributed by atoms with E-state index in [0.29, 0.717) is 12.6 Å². The van der Waals surface area contributed by atoms with Gasteiger partial charge in [-0.2, -0.15) is 0 Å². The van der Waals surface area contributed by atoms with Crippen molar-refractivity contribution in [2.24, 2.45) is 0 Å². The molecular formula is C15H19ClN2OS. The van der Waals surface area contributed by atoms with Gasteiger partial charge in [0.25, 0.3) is 0 Å². The Morgan fingerprint density at radius 3 is 2.85 bits per heavy atom. The molecule has 1 aromatic heterocycles. The number of aryl methyl sites for hydroxylation is 1. The molecule has 0 aliphatic heterocycles. The second-order valence-electron chi connectivity index (χ2n) is 4.92. The minimum absolute atomic E-state index is 0.422. The molecule has 1 aromatic carbocycles. The van der Waals surface area contributed by atoms with E-state index in [1.54, 1.807) is 11.3 Å². The van der Waals surface area contributed by atoms with Crippen molar-refractivity contribution in [3.05, 3.63) is 44.9 Å². The number of rotatable bonds is 6. The summed E-state index contributed by atoms with van der Waals surface area (Å²) in [5, 5.41) is 5.17. The average molecular weight is 311 g/mol. The van der Waals surface area contributed by atoms with E-state index in [1.807, 2.05) is 31.3 Å². The monoisotopic (exact) mass is 310 g/mol. The van der Waals surface area contributed by atoms with Gasteiger partial charge < -0.3 is 10.1 Å². The lowest BCUT2D eigenvalue weighted by atomic mass is 10.2. The Labute approximate surface area is 129 Å². The zero-order valence-corrected chi connectivity index (χ0v) is 13.5. The van der Waals surface area contributed by atoms with Crippen LogP contribution < -0.4 is 10.1 Å². The fourth-order valence-corrected chi connectivity index (χ4v) is 2.66. The van der Waals surface area contributed by atoms with Crippen LogP contribution >= 0.6 is 22.9 Å². The first-order chi connectivity index (χ1) is 9.54. The number of hydrogen-bond acceptors (Lipinski definition) is 4. The van der Waals surface area contributed by atoms with Gasteiger partial charge in [-0.05, 0) is 25.1 Å². The third kappa shape index (κ3) is 4.47. The van der Waals surface area contributed by atoms with Crippen LogP contribution in [0.2, 0.25) is 5.02 Å². The maximum atomic E-state index is 6.06. The zero-order chi connectivity index (χ0) is 14.5. The summed E-state index contributed by atoms with van der Waals surface area (Å²) in [5.74, 6) is 0.869. The van der Waals surface area contributed by atoms with E-state index in [4.69, 9.17) is 16.3 Å². The van der Waals surface area contributed by atoms with Gasteiger partial charge >= 0.3 is 0 Å².